The van der Waals surface area contributed by atoms with Crippen LogP contribution in [0.1, 0.15) is 0 Å². The van der Waals surface area contributed by atoms with Gasteiger partial charge in [0.1, 0.15) is 0 Å². The number of rotatable bonds is 0. The maximum atomic E-state index is 4.94. The summed E-state index contributed by atoms with van der Waals surface area (Å²) in [5, 5.41) is 0. The standard InChI is InChI=1S/C4H8O2.Cs.FH/c1-2-6-4-3-5-1;;/h1-4H2;;1H/q;+1;/p-1. The Bertz CT molecular complexity index is 29.5. The molecule has 1 aliphatic heterocycles. The van der Waals surface area contributed by atoms with Crippen molar-refractivity contribution in [2.45, 2.75) is 0 Å². The second-order valence-electron chi connectivity index (χ2n) is 1.22. The molecule has 0 aliphatic carbocycles. The molecule has 1 heterocycles. The molecule has 0 saturated carbocycles. The molecule has 0 aromatic heterocycles. The van der Waals surface area contributed by atoms with Gasteiger partial charge in [-0.1, -0.05) is 0 Å². The second-order valence-corrected chi connectivity index (χ2v) is 1.22. The summed E-state index contributed by atoms with van der Waals surface area (Å²) < 4.78 is 9.89. The van der Waals surface area contributed by atoms with Crippen LogP contribution in [0.3, 0.4) is 0 Å². The van der Waals surface area contributed by atoms with E-state index in [-0.39, 0.29) is 73.6 Å². The Kier molecular flexibility index (Phi) is 14.0. The van der Waals surface area contributed by atoms with E-state index in [0.717, 1.165) is 26.4 Å². The Labute approximate surface area is 107 Å². The molecule has 44 valence electrons. The molecule has 0 aromatic carbocycles. The largest absolute Gasteiger partial charge is 1.00 e. The Balaban J connectivity index is 0. The van der Waals surface area contributed by atoms with Crippen molar-refractivity contribution in [1.29, 1.82) is 0 Å². The molecule has 1 saturated heterocycles. The van der Waals surface area contributed by atoms with E-state index in [9.17, 15) is 0 Å². The molecule has 2 nitrogen and oxygen atoms in total. The maximum Gasteiger partial charge on any atom is 1.00 e. The van der Waals surface area contributed by atoms with Gasteiger partial charge in [-0.15, -0.1) is 0 Å². The van der Waals surface area contributed by atoms with Gasteiger partial charge in [-0.25, -0.2) is 0 Å². The fraction of sp³-hybridized carbons (Fsp3) is 1.00. The summed E-state index contributed by atoms with van der Waals surface area (Å²) in [6, 6.07) is 0. The van der Waals surface area contributed by atoms with Crippen LogP contribution in [-0.2, 0) is 9.47 Å². The number of ether oxygens (including phenoxy) is 2. The number of hydrogen-bond donors (Lipinski definition) is 0. The SMILES string of the molecule is C1COCCO1.[Cs+].[F-]. The normalized spacial score (nSPS) is 18.0. The minimum absolute atomic E-state index is 0. The van der Waals surface area contributed by atoms with E-state index in [1.165, 1.54) is 0 Å². The van der Waals surface area contributed by atoms with Crippen LogP contribution in [0.2, 0.25) is 0 Å². The van der Waals surface area contributed by atoms with Gasteiger partial charge in [0.2, 0.25) is 0 Å². The zero-order valence-electron chi connectivity index (χ0n) is 5.02. The third-order valence-electron chi connectivity index (χ3n) is 0.744. The summed E-state index contributed by atoms with van der Waals surface area (Å²) >= 11 is 0. The third-order valence-corrected chi connectivity index (χ3v) is 0.744. The van der Waals surface area contributed by atoms with Crippen molar-refractivity contribution in [3.8, 4) is 0 Å². The fourth-order valence-corrected chi connectivity index (χ4v) is 0.440. The summed E-state index contributed by atoms with van der Waals surface area (Å²) in [6.45, 7) is 3.11. The Morgan fingerprint density at radius 3 is 1.12 bits per heavy atom. The average molecular weight is 240 g/mol. The van der Waals surface area contributed by atoms with Crippen molar-refractivity contribution in [3.63, 3.8) is 0 Å². The summed E-state index contributed by atoms with van der Waals surface area (Å²) in [5.41, 5.74) is 0. The van der Waals surface area contributed by atoms with Crippen LogP contribution in [0.25, 0.3) is 0 Å². The smallest absolute Gasteiger partial charge is 1.00 e. The molecular formula is C4H8CsFO2. The van der Waals surface area contributed by atoms with Crippen molar-refractivity contribution in [1.82, 2.24) is 0 Å². The predicted octanol–water partition coefficient (Wildman–Crippen LogP) is -5.96. The van der Waals surface area contributed by atoms with Crippen LogP contribution in [0.5, 0.6) is 0 Å². The first-order valence-electron chi connectivity index (χ1n) is 2.15. The summed E-state index contributed by atoms with van der Waals surface area (Å²) in [6.07, 6.45) is 0. The second kappa shape index (κ2) is 8.90. The van der Waals surface area contributed by atoms with E-state index >= 15 is 0 Å². The molecule has 0 spiro atoms. The van der Waals surface area contributed by atoms with Gasteiger partial charge >= 0.3 is 68.9 Å². The van der Waals surface area contributed by atoms with E-state index in [1.807, 2.05) is 0 Å². The van der Waals surface area contributed by atoms with Crippen LogP contribution in [0.15, 0.2) is 0 Å². The van der Waals surface area contributed by atoms with Crippen LogP contribution >= 0.6 is 0 Å². The van der Waals surface area contributed by atoms with Gasteiger partial charge in [0.25, 0.3) is 0 Å². The Hall–Kier alpha value is 1.90. The van der Waals surface area contributed by atoms with Crippen molar-refractivity contribution in [2.24, 2.45) is 0 Å². The molecule has 1 aliphatic rings. The van der Waals surface area contributed by atoms with Crippen LogP contribution < -0.4 is 73.6 Å². The number of halogens is 1. The molecule has 0 radical (unpaired) electrons. The van der Waals surface area contributed by atoms with E-state index in [0.29, 0.717) is 0 Å². The van der Waals surface area contributed by atoms with Gasteiger partial charge in [0, 0.05) is 0 Å². The molecule has 1 rings (SSSR count). The minimum Gasteiger partial charge on any atom is -1.00 e. The third kappa shape index (κ3) is 6.03. The summed E-state index contributed by atoms with van der Waals surface area (Å²) in [4.78, 5) is 0. The predicted molar refractivity (Wildman–Crippen MR) is 21.6 cm³/mol. The monoisotopic (exact) mass is 240 g/mol. The van der Waals surface area contributed by atoms with Gasteiger partial charge in [0.05, 0.1) is 26.4 Å². The number of hydrogen-bond acceptors (Lipinski definition) is 2. The van der Waals surface area contributed by atoms with Gasteiger partial charge in [-0.3, -0.25) is 0 Å². The molecular weight excluding hydrogens is 232 g/mol. The Morgan fingerprint density at radius 1 is 0.750 bits per heavy atom. The van der Waals surface area contributed by atoms with E-state index in [1.54, 1.807) is 0 Å². The van der Waals surface area contributed by atoms with Crippen LogP contribution in [-0.4, -0.2) is 26.4 Å². The molecule has 0 N–H and O–H groups in total. The van der Waals surface area contributed by atoms with E-state index < -0.39 is 0 Å². The quantitative estimate of drug-likeness (QED) is 0.420. The van der Waals surface area contributed by atoms with Crippen molar-refractivity contribution in [2.75, 3.05) is 26.4 Å². The van der Waals surface area contributed by atoms with Gasteiger partial charge in [0.15, 0.2) is 0 Å². The molecule has 4 heteroatoms. The molecule has 0 amide bonds. The van der Waals surface area contributed by atoms with Crippen LogP contribution in [0, 0.1) is 0 Å². The zero-order valence-corrected chi connectivity index (χ0v) is 11.3. The van der Waals surface area contributed by atoms with Crippen molar-refractivity contribution in [3.05, 3.63) is 0 Å². The first-order valence-corrected chi connectivity index (χ1v) is 2.15. The molecule has 0 atom stereocenters. The molecule has 8 heavy (non-hydrogen) atoms. The minimum atomic E-state index is 0. The summed E-state index contributed by atoms with van der Waals surface area (Å²) in [7, 11) is 0. The molecule has 1 fully saturated rings. The first kappa shape index (κ1) is 12.6. The summed E-state index contributed by atoms with van der Waals surface area (Å²) in [5.74, 6) is 0. The maximum absolute atomic E-state index is 4.94. The fourth-order valence-electron chi connectivity index (χ4n) is 0.440. The van der Waals surface area contributed by atoms with E-state index in [4.69, 9.17) is 9.47 Å². The van der Waals surface area contributed by atoms with Gasteiger partial charge in [-0.05, 0) is 0 Å². The van der Waals surface area contributed by atoms with Gasteiger partial charge in [-0.2, -0.15) is 0 Å². The topological polar surface area (TPSA) is 18.5 Å². The average Bonchev–Trinajstić information content (AvgIpc) is 1.72. The van der Waals surface area contributed by atoms with E-state index in [2.05, 4.69) is 0 Å². The van der Waals surface area contributed by atoms with Crippen molar-refractivity contribution < 1.29 is 83.1 Å². The Morgan fingerprint density at radius 2 is 1.00 bits per heavy atom. The first-order chi connectivity index (χ1) is 3.00. The van der Waals surface area contributed by atoms with Gasteiger partial charge < -0.3 is 14.2 Å². The van der Waals surface area contributed by atoms with Crippen molar-refractivity contribution >= 4 is 0 Å². The molecule has 0 unspecified atom stereocenters. The molecule has 0 bridgehead atoms. The van der Waals surface area contributed by atoms with Crippen LogP contribution in [0.4, 0.5) is 0 Å². The zero-order chi connectivity index (χ0) is 4.24. The molecule has 0 aromatic rings.